The number of halogens is 4. The molecule has 6 rings (SSSR count). The molecule has 0 aromatic heterocycles. The summed E-state index contributed by atoms with van der Waals surface area (Å²) in [5.41, 5.74) is 4.33. The Labute approximate surface area is 464 Å². The molecular weight excluding hydrogens is 979 g/mol. The summed E-state index contributed by atoms with van der Waals surface area (Å²) in [5.74, 6) is 1.93. The van der Waals surface area contributed by atoms with Gasteiger partial charge >= 0.3 is 6.18 Å². The molecule has 4 unspecified atom stereocenters. The van der Waals surface area contributed by atoms with Crippen molar-refractivity contribution in [3.8, 4) is 0 Å². The van der Waals surface area contributed by atoms with Gasteiger partial charge in [-0.25, -0.2) is 0 Å². The van der Waals surface area contributed by atoms with E-state index in [1.165, 1.54) is 81.4 Å². The van der Waals surface area contributed by atoms with E-state index in [0.29, 0.717) is 73.0 Å². The van der Waals surface area contributed by atoms with E-state index in [1.54, 1.807) is 0 Å². The summed E-state index contributed by atoms with van der Waals surface area (Å²) in [6, 6.07) is 7.13. The van der Waals surface area contributed by atoms with Crippen molar-refractivity contribution in [3.05, 3.63) is 82.3 Å². The first-order valence-electron chi connectivity index (χ1n) is 29.8. The minimum Gasteiger partial charge on any atom is -0.390 e. The smallest absolute Gasteiger partial charge is 0.390 e. The molecule has 1 aromatic carbocycles. The van der Waals surface area contributed by atoms with Gasteiger partial charge < -0.3 is 46.6 Å². The van der Waals surface area contributed by atoms with Crippen LogP contribution in [0.3, 0.4) is 0 Å². The molecule has 10 atom stereocenters. The van der Waals surface area contributed by atoms with Crippen LogP contribution in [-0.4, -0.2) is 139 Å². The van der Waals surface area contributed by atoms with E-state index in [0.717, 1.165) is 93.9 Å². The van der Waals surface area contributed by atoms with Crippen LogP contribution in [0.4, 0.5) is 13.2 Å². The average molecular weight is 1080 g/mol. The van der Waals surface area contributed by atoms with Gasteiger partial charge in [-0.2, -0.15) is 13.2 Å². The lowest BCUT2D eigenvalue weighted by molar-refractivity contribution is -0.137. The Morgan fingerprint density at radius 2 is 1.57 bits per heavy atom. The molecule has 3 heterocycles. The van der Waals surface area contributed by atoms with Gasteiger partial charge in [0.25, 0.3) is 0 Å². The van der Waals surface area contributed by atoms with Crippen LogP contribution in [0.2, 0.25) is 5.02 Å². The van der Waals surface area contributed by atoms with E-state index >= 15 is 0 Å². The summed E-state index contributed by atoms with van der Waals surface area (Å²) in [4.78, 5) is 14.9. The van der Waals surface area contributed by atoms with Gasteiger partial charge in [0.2, 0.25) is 0 Å². The molecule has 3 aliphatic heterocycles. The minimum absolute atomic E-state index is 0.0788. The van der Waals surface area contributed by atoms with Crippen molar-refractivity contribution < 1.29 is 13.2 Å². The number of hydrogen-bond donors (Lipinski definition) is 6. The highest BCUT2D eigenvalue weighted by molar-refractivity contribution is 6.31. The van der Waals surface area contributed by atoms with Crippen molar-refractivity contribution >= 4 is 17.3 Å². The molecule has 76 heavy (non-hydrogen) atoms. The standard InChI is InChI=1S/C61H103ClF3N11/c1-13-42(3)57-36-68-45(6)46(7)69-37-58-43(4)38-76(58)59(51-20-15-16-21-51)48(9)72-60(28-17-18-29-60)41-67-32-31-66-30-27-52(25-23-50-24-26-55(56(62)34-50)61(63,64)65)70-35-44(5)73(11)39-53(14-2)74(12)40-54-22-19-33-75(54)49(10)47(8)71-57/h24,26-27,30,34-35,39-40,42-43,45-49,51,57-59,66-69,71-72H,13-23,25,28-29,31-33,36-38,41H2,1-12H3/t42-,43+,45-,46?,47?,48?,49-,57+,58?,59+/m0/s1. The third-order valence-electron chi connectivity index (χ3n) is 18.5. The lowest BCUT2D eigenvalue weighted by Crippen LogP contribution is -2.70. The van der Waals surface area contributed by atoms with E-state index in [4.69, 9.17) is 16.6 Å². The number of benzene rings is 1. The first-order valence-corrected chi connectivity index (χ1v) is 30.2. The van der Waals surface area contributed by atoms with Crippen LogP contribution in [0.5, 0.6) is 0 Å². The van der Waals surface area contributed by atoms with E-state index < -0.39 is 11.7 Å². The van der Waals surface area contributed by atoms with Crippen LogP contribution in [0, 0.1) is 17.8 Å². The molecule has 430 valence electrons. The van der Waals surface area contributed by atoms with Crippen molar-refractivity contribution in [1.29, 1.82) is 0 Å². The van der Waals surface area contributed by atoms with Crippen LogP contribution in [-0.2, 0) is 12.6 Å². The third kappa shape index (κ3) is 17.2. The monoisotopic (exact) mass is 1080 g/mol. The number of aliphatic imine (C=N–C) groups is 1. The van der Waals surface area contributed by atoms with Crippen LogP contribution < -0.4 is 31.9 Å². The van der Waals surface area contributed by atoms with Gasteiger partial charge in [0.05, 0.1) is 10.6 Å². The highest BCUT2D eigenvalue weighted by atomic mass is 35.5. The van der Waals surface area contributed by atoms with E-state index in [-0.39, 0.29) is 10.6 Å². The van der Waals surface area contributed by atoms with E-state index in [2.05, 4.69) is 147 Å². The third-order valence-corrected chi connectivity index (χ3v) is 18.8. The predicted octanol–water partition coefficient (Wildman–Crippen LogP) is 11.3. The second-order valence-corrected chi connectivity index (χ2v) is 24.5. The van der Waals surface area contributed by atoms with Gasteiger partial charge in [-0.15, -0.1) is 0 Å². The number of hydrogen-bond acceptors (Lipinski definition) is 11. The molecule has 11 nitrogen and oxygen atoms in total. The first kappa shape index (κ1) is 62.1. The number of allylic oxidation sites excluding steroid dienone is 4. The lowest BCUT2D eigenvalue weighted by Gasteiger charge is -2.55. The van der Waals surface area contributed by atoms with E-state index in [1.807, 2.05) is 18.5 Å². The summed E-state index contributed by atoms with van der Waals surface area (Å²) in [7, 11) is 4.22. The van der Waals surface area contributed by atoms with Crippen molar-refractivity contribution in [3.63, 3.8) is 0 Å². The summed E-state index contributed by atoms with van der Waals surface area (Å²) in [5, 5.41) is 23.6. The molecule has 6 N–H and O–H groups in total. The summed E-state index contributed by atoms with van der Waals surface area (Å²) < 4.78 is 40.7. The SMILES string of the molecule is CCC1=CN(C)C(C)=CN=C(CCc2ccc(C(F)(F)F)c(Cl)c2)C=CNCCNCC2(CCCC2)NC(C)[C@H](C2CCCC2)N2C[C@@H](C)C2CNC(C)[C@H](C)NC[C@H]([C@@H](C)CC)NC(C)[C@H](C)N2CCCC2=CN1C. The zero-order valence-electron chi connectivity index (χ0n) is 49.1. The Hall–Kier alpha value is -3.11. The molecule has 4 fully saturated rings. The maximum Gasteiger partial charge on any atom is 0.417 e. The van der Waals surface area contributed by atoms with Crippen LogP contribution >= 0.6 is 11.6 Å². The topological polar surface area (TPSA) is 97.5 Å². The van der Waals surface area contributed by atoms with Gasteiger partial charge in [-0.1, -0.05) is 77.5 Å². The Morgan fingerprint density at radius 3 is 2.22 bits per heavy atom. The van der Waals surface area contributed by atoms with Crippen molar-refractivity contribution in [1.82, 2.24) is 51.5 Å². The van der Waals surface area contributed by atoms with Gasteiger partial charge in [0.15, 0.2) is 0 Å². The molecule has 2 aliphatic carbocycles. The minimum atomic E-state index is -4.50. The molecule has 0 radical (unpaired) electrons. The van der Waals surface area contributed by atoms with Crippen molar-refractivity contribution in [2.24, 2.45) is 22.7 Å². The molecule has 0 amide bonds. The summed E-state index contributed by atoms with van der Waals surface area (Å²) in [6.45, 7) is 30.1. The normalized spacial score (nSPS) is 30.8. The maximum atomic E-state index is 13.6. The number of alkyl halides is 3. The number of nitrogens with one attached hydrogen (secondary N) is 6. The van der Waals surface area contributed by atoms with Crippen molar-refractivity contribution in [2.45, 2.75) is 219 Å². The Balaban J connectivity index is 1.25. The highest BCUT2D eigenvalue weighted by Gasteiger charge is 2.47. The fourth-order valence-corrected chi connectivity index (χ4v) is 13.2. The fourth-order valence-electron chi connectivity index (χ4n) is 12.9. The Morgan fingerprint density at radius 1 is 0.855 bits per heavy atom. The van der Waals surface area contributed by atoms with Crippen molar-refractivity contribution in [2.75, 3.05) is 59.9 Å². The number of rotatable bonds is 7. The predicted molar refractivity (Wildman–Crippen MR) is 313 cm³/mol. The molecule has 5 aliphatic rings. The molecule has 1 spiro atoms. The first-order chi connectivity index (χ1) is 36.2. The lowest BCUT2D eigenvalue weighted by atomic mass is 9.80. The zero-order valence-corrected chi connectivity index (χ0v) is 49.8. The van der Waals surface area contributed by atoms with Gasteiger partial charge in [0, 0.05) is 155 Å². The quantitative estimate of drug-likeness (QED) is 0.158. The highest BCUT2D eigenvalue weighted by Crippen LogP contribution is 2.40. The second-order valence-electron chi connectivity index (χ2n) is 24.1. The Kier molecular flexibility index (Phi) is 24.0. The van der Waals surface area contributed by atoms with Gasteiger partial charge in [-0.3, -0.25) is 9.89 Å². The van der Waals surface area contributed by atoms with Crippen LogP contribution in [0.25, 0.3) is 0 Å². The summed E-state index contributed by atoms with van der Waals surface area (Å²) >= 11 is 6.15. The molecule has 1 aromatic rings. The number of nitrogens with zero attached hydrogens (tertiary/aromatic N) is 5. The molecular formula is C61H103ClF3N11. The zero-order chi connectivity index (χ0) is 55.2. The van der Waals surface area contributed by atoms with E-state index in [9.17, 15) is 13.2 Å². The van der Waals surface area contributed by atoms with Crippen LogP contribution in [0.15, 0.2) is 71.2 Å². The maximum absolute atomic E-state index is 13.6. The molecule has 0 bridgehead atoms. The largest absolute Gasteiger partial charge is 0.417 e. The van der Waals surface area contributed by atoms with Gasteiger partial charge in [0.1, 0.15) is 0 Å². The average Bonchev–Trinajstić information content (AvgIpc) is 4.19. The molecule has 15 heteroatoms. The number of fused-ring (bicyclic) bond motifs is 2. The van der Waals surface area contributed by atoms with Crippen LogP contribution in [0.1, 0.15) is 164 Å². The molecule has 2 saturated heterocycles. The Bertz CT molecular complexity index is 2100. The molecule has 2 saturated carbocycles. The van der Waals surface area contributed by atoms with Gasteiger partial charge in [-0.05, 0) is 147 Å². The fraction of sp³-hybridized carbons (Fsp3) is 0.754. The number of aryl methyl sites for hydroxylation is 1. The summed E-state index contributed by atoms with van der Waals surface area (Å²) in [6.07, 6.45) is 21.3. The second kappa shape index (κ2) is 29.4.